The van der Waals surface area contributed by atoms with E-state index in [1.807, 2.05) is 0 Å². The standard InChI is InChI=1S/C4H6O2.K.H/c1-2-3-6-4-5;;/h2,4H,1,3H2;;. The van der Waals surface area contributed by atoms with Crippen LogP contribution in [0.1, 0.15) is 0 Å². The van der Waals surface area contributed by atoms with Crippen molar-refractivity contribution < 1.29 is 9.53 Å². The van der Waals surface area contributed by atoms with Crippen molar-refractivity contribution in [2.75, 3.05) is 6.61 Å². The normalized spacial score (nSPS) is 5.71. The molecule has 0 unspecified atom stereocenters. The van der Waals surface area contributed by atoms with Crippen LogP contribution in [0.4, 0.5) is 0 Å². The number of hydrogen-bond acceptors (Lipinski definition) is 2. The monoisotopic (exact) mass is 126 g/mol. The fourth-order valence-corrected chi connectivity index (χ4v) is 0.107. The Morgan fingerprint density at radius 1 is 1.71 bits per heavy atom. The Balaban J connectivity index is 0. The molecule has 0 aliphatic carbocycles. The summed E-state index contributed by atoms with van der Waals surface area (Å²) in [7, 11) is 0. The molecule has 0 aromatic heterocycles. The quantitative estimate of drug-likeness (QED) is 0.224. The molecule has 0 atom stereocenters. The number of carbonyl (C=O) groups excluding carboxylic acids is 1. The van der Waals surface area contributed by atoms with Crippen LogP contribution in [0.2, 0.25) is 0 Å². The Morgan fingerprint density at radius 2 is 2.29 bits per heavy atom. The van der Waals surface area contributed by atoms with E-state index in [9.17, 15) is 4.79 Å². The van der Waals surface area contributed by atoms with Crippen LogP contribution in [-0.2, 0) is 9.53 Å². The molecule has 0 fully saturated rings. The van der Waals surface area contributed by atoms with Gasteiger partial charge in [0, 0.05) is 0 Å². The second-order valence-corrected chi connectivity index (χ2v) is 0.718. The van der Waals surface area contributed by atoms with Gasteiger partial charge in [-0.2, -0.15) is 0 Å². The third-order valence-corrected chi connectivity index (χ3v) is 0.282. The molecule has 0 aromatic rings. The second kappa shape index (κ2) is 9.96. The maximum absolute atomic E-state index is 9.29. The molecule has 0 N–H and O–H groups in total. The first-order chi connectivity index (χ1) is 2.91. The zero-order valence-corrected chi connectivity index (χ0v) is 3.39. The van der Waals surface area contributed by atoms with Gasteiger partial charge in [-0.3, -0.25) is 4.79 Å². The fourth-order valence-electron chi connectivity index (χ4n) is 0.107. The molecule has 0 aliphatic rings. The van der Waals surface area contributed by atoms with E-state index in [-0.39, 0.29) is 51.4 Å². The molecular weight excluding hydrogens is 119 g/mol. The van der Waals surface area contributed by atoms with E-state index >= 15 is 0 Å². The number of rotatable bonds is 3. The van der Waals surface area contributed by atoms with Crippen LogP contribution in [0, 0.1) is 0 Å². The van der Waals surface area contributed by atoms with Crippen molar-refractivity contribution >= 4 is 57.9 Å². The van der Waals surface area contributed by atoms with Gasteiger partial charge in [0.2, 0.25) is 0 Å². The van der Waals surface area contributed by atoms with E-state index in [1.165, 1.54) is 6.08 Å². The van der Waals surface area contributed by atoms with E-state index in [4.69, 9.17) is 0 Å². The van der Waals surface area contributed by atoms with Crippen LogP contribution < -0.4 is 0 Å². The van der Waals surface area contributed by atoms with Crippen LogP contribution in [0.25, 0.3) is 0 Å². The van der Waals surface area contributed by atoms with Crippen LogP contribution in [0.15, 0.2) is 12.7 Å². The third kappa shape index (κ3) is 10.9. The average molecular weight is 126 g/mol. The first-order valence-electron chi connectivity index (χ1n) is 1.58. The minimum atomic E-state index is 0. The van der Waals surface area contributed by atoms with E-state index < -0.39 is 0 Å². The van der Waals surface area contributed by atoms with Crippen molar-refractivity contribution in [3.05, 3.63) is 12.7 Å². The predicted molar refractivity (Wildman–Crippen MR) is 29.4 cm³/mol. The molecule has 0 bridgehead atoms. The van der Waals surface area contributed by atoms with Crippen LogP contribution in [0.5, 0.6) is 0 Å². The molecule has 0 spiro atoms. The molecule has 0 saturated heterocycles. The number of hydrogen-bond donors (Lipinski definition) is 0. The van der Waals surface area contributed by atoms with Gasteiger partial charge in [-0.1, -0.05) is 12.7 Å². The van der Waals surface area contributed by atoms with Crippen molar-refractivity contribution in [3.63, 3.8) is 0 Å². The molecule has 0 rings (SSSR count). The van der Waals surface area contributed by atoms with Crippen molar-refractivity contribution in [2.45, 2.75) is 0 Å². The molecule has 7 heavy (non-hydrogen) atoms. The third-order valence-electron chi connectivity index (χ3n) is 0.282. The van der Waals surface area contributed by atoms with E-state index in [1.54, 1.807) is 0 Å². The van der Waals surface area contributed by atoms with Gasteiger partial charge in [0.15, 0.2) is 0 Å². The molecule has 0 heterocycles. The molecule has 3 heteroatoms. The van der Waals surface area contributed by atoms with Crippen molar-refractivity contribution in [1.29, 1.82) is 0 Å². The summed E-state index contributed by atoms with van der Waals surface area (Å²) < 4.78 is 4.18. The molecule has 0 saturated carbocycles. The molecule has 0 radical (unpaired) electrons. The van der Waals surface area contributed by atoms with Crippen LogP contribution >= 0.6 is 0 Å². The molecule has 0 aliphatic heterocycles. The Bertz CT molecular complexity index is 45.7. The van der Waals surface area contributed by atoms with Crippen molar-refractivity contribution in [1.82, 2.24) is 0 Å². The number of carbonyl (C=O) groups is 1. The SMILES string of the molecule is C=CCOC=O.[KH]. The summed E-state index contributed by atoms with van der Waals surface area (Å²) in [5.41, 5.74) is 0. The zero-order valence-electron chi connectivity index (χ0n) is 3.39. The van der Waals surface area contributed by atoms with Crippen molar-refractivity contribution in [2.24, 2.45) is 0 Å². The van der Waals surface area contributed by atoms with Crippen LogP contribution in [0.3, 0.4) is 0 Å². The van der Waals surface area contributed by atoms with Gasteiger partial charge in [-0.15, -0.1) is 0 Å². The Kier molecular flexibility index (Phi) is 15.3. The summed E-state index contributed by atoms with van der Waals surface area (Å²) in [6, 6.07) is 0. The average Bonchev–Trinajstić information content (AvgIpc) is 1.61. The number of ether oxygens (including phenoxy) is 1. The minimum absolute atomic E-state index is 0. The van der Waals surface area contributed by atoms with Gasteiger partial charge in [0.25, 0.3) is 6.47 Å². The molecular formula is C4H7KO2. The zero-order chi connectivity index (χ0) is 4.83. The molecule has 36 valence electrons. The summed E-state index contributed by atoms with van der Waals surface area (Å²) in [6.07, 6.45) is 1.51. The Hall–Kier alpha value is 0.846. The first kappa shape index (κ1) is 10.8. The van der Waals surface area contributed by atoms with Crippen molar-refractivity contribution in [3.8, 4) is 0 Å². The van der Waals surface area contributed by atoms with E-state index in [0.29, 0.717) is 13.1 Å². The van der Waals surface area contributed by atoms with E-state index in [2.05, 4.69) is 11.3 Å². The van der Waals surface area contributed by atoms with Crippen LogP contribution in [-0.4, -0.2) is 64.5 Å². The van der Waals surface area contributed by atoms with Gasteiger partial charge in [-0.25, -0.2) is 0 Å². The summed E-state index contributed by atoms with van der Waals surface area (Å²) >= 11 is 0. The molecule has 0 amide bonds. The van der Waals surface area contributed by atoms with Gasteiger partial charge >= 0.3 is 51.4 Å². The topological polar surface area (TPSA) is 26.3 Å². The van der Waals surface area contributed by atoms with Gasteiger partial charge < -0.3 is 4.74 Å². The molecule has 0 aromatic carbocycles. The summed E-state index contributed by atoms with van der Waals surface area (Å²) in [5.74, 6) is 0. The predicted octanol–water partition coefficient (Wildman–Crippen LogP) is -0.303. The van der Waals surface area contributed by atoms with E-state index in [0.717, 1.165) is 0 Å². The van der Waals surface area contributed by atoms with Gasteiger partial charge in [0.05, 0.1) is 0 Å². The van der Waals surface area contributed by atoms with Gasteiger partial charge in [0.1, 0.15) is 6.61 Å². The maximum atomic E-state index is 9.29. The summed E-state index contributed by atoms with van der Waals surface area (Å²) in [5, 5.41) is 0. The summed E-state index contributed by atoms with van der Waals surface area (Å²) in [6.45, 7) is 4.01. The Labute approximate surface area is 85.3 Å². The van der Waals surface area contributed by atoms with Gasteiger partial charge in [-0.05, 0) is 0 Å². The second-order valence-electron chi connectivity index (χ2n) is 0.718. The Morgan fingerprint density at radius 3 is 2.43 bits per heavy atom. The first-order valence-corrected chi connectivity index (χ1v) is 1.58. The fraction of sp³-hybridized carbons (Fsp3) is 0.250. The summed E-state index contributed by atoms with van der Waals surface area (Å²) in [4.78, 5) is 9.29. The molecule has 2 nitrogen and oxygen atoms in total.